The Morgan fingerprint density at radius 2 is 1.92 bits per heavy atom. The number of rotatable bonds is 5. The lowest BCUT2D eigenvalue weighted by molar-refractivity contribution is -0.385. The Balaban J connectivity index is 1.76. The maximum atomic E-state index is 12.3. The summed E-state index contributed by atoms with van der Waals surface area (Å²) < 4.78 is 0. The second kappa shape index (κ2) is 7.33. The van der Waals surface area contributed by atoms with Crippen molar-refractivity contribution in [3.8, 4) is 11.3 Å². The minimum Gasteiger partial charge on any atom is -0.289 e. The van der Waals surface area contributed by atoms with Crippen LogP contribution in [0.15, 0.2) is 54.6 Å². The van der Waals surface area contributed by atoms with E-state index in [1.807, 2.05) is 18.2 Å². The number of nitro groups is 1. The van der Waals surface area contributed by atoms with Gasteiger partial charge in [-0.3, -0.25) is 20.0 Å². The predicted octanol–water partition coefficient (Wildman–Crippen LogP) is 4.84. The van der Waals surface area contributed by atoms with E-state index in [9.17, 15) is 14.9 Å². The summed E-state index contributed by atoms with van der Waals surface area (Å²) in [6.07, 6.45) is 3.02. The van der Waals surface area contributed by atoms with Gasteiger partial charge in [0.1, 0.15) is 0 Å². The van der Waals surface area contributed by atoms with Crippen LogP contribution in [0.4, 0.5) is 5.69 Å². The van der Waals surface area contributed by atoms with Gasteiger partial charge in [-0.05, 0) is 49.4 Å². The summed E-state index contributed by atoms with van der Waals surface area (Å²) >= 11 is 5.87. The van der Waals surface area contributed by atoms with Gasteiger partial charge in [0.25, 0.3) is 5.69 Å². The molecule has 0 spiro atoms. The average Bonchev–Trinajstić information content (AvgIpc) is 3.09. The number of H-pyrrole nitrogens is 1. The first-order chi connectivity index (χ1) is 12.4. The number of hydrogen-bond donors (Lipinski definition) is 1. The lowest BCUT2D eigenvalue weighted by atomic mass is 10.1. The van der Waals surface area contributed by atoms with Crippen LogP contribution in [0.1, 0.15) is 21.6 Å². The van der Waals surface area contributed by atoms with Gasteiger partial charge in [-0.25, -0.2) is 0 Å². The van der Waals surface area contributed by atoms with Crippen molar-refractivity contribution in [1.29, 1.82) is 0 Å². The first-order valence-corrected chi connectivity index (χ1v) is 8.10. The first kappa shape index (κ1) is 17.6. The van der Waals surface area contributed by atoms with Gasteiger partial charge in [-0.1, -0.05) is 23.7 Å². The summed E-state index contributed by atoms with van der Waals surface area (Å²) in [6.45, 7) is 1.60. The van der Waals surface area contributed by atoms with E-state index in [0.29, 0.717) is 21.8 Å². The Morgan fingerprint density at radius 3 is 2.58 bits per heavy atom. The third-order valence-electron chi connectivity index (χ3n) is 3.83. The third kappa shape index (κ3) is 3.87. The van der Waals surface area contributed by atoms with Gasteiger partial charge in [0, 0.05) is 27.8 Å². The van der Waals surface area contributed by atoms with E-state index in [1.165, 1.54) is 24.3 Å². The molecule has 7 heteroatoms. The Bertz CT molecular complexity index is 1010. The van der Waals surface area contributed by atoms with Crippen molar-refractivity contribution in [3.63, 3.8) is 0 Å². The van der Waals surface area contributed by atoms with Gasteiger partial charge >= 0.3 is 0 Å². The zero-order valence-corrected chi connectivity index (χ0v) is 14.5. The molecule has 130 valence electrons. The van der Waals surface area contributed by atoms with Crippen LogP contribution in [0.5, 0.6) is 0 Å². The summed E-state index contributed by atoms with van der Waals surface area (Å²) in [5.74, 6) is -0.245. The number of carbonyl (C=O) groups is 1. The number of nitrogens with zero attached hydrogens (tertiary/aromatic N) is 2. The molecule has 0 saturated carbocycles. The van der Waals surface area contributed by atoms with Crippen LogP contribution >= 0.6 is 11.6 Å². The molecule has 1 heterocycles. The number of nitro benzene ring substituents is 1. The molecule has 26 heavy (non-hydrogen) atoms. The Kier molecular flexibility index (Phi) is 4.95. The van der Waals surface area contributed by atoms with Gasteiger partial charge < -0.3 is 0 Å². The van der Waals surface area contributed by atoms with E-state index in [-0.39, 0.29) is 11.5 Å². The summed E-state index contributed by atoms with van der Waals surface area (Å²) in [5, 5.41) is 18.5. The summed E-state index contributed by atoms with van der Waals surface area (Å²) in [7, 11) is 0. The molecular formula is C19H14ClN3O3. The van der Waals surface area contributed by atoms with E-state index in [2.05, 4.69) is 10.2 Å². The lowest BCUT2D eigenvalue weighted by Crippen LogP contribution is -1.98. The highest BCUT2D eigenvalue weighted by Gasteiger charge is 2.12. The standard InChI is InChI=1S/C19H14ClN3O3/c1-12-10-14(4-8-18(12)23(25)26)19(24)9-7-16-11-17(22-21-16)13-2-5-15(20)6-3-13/h2-11H,1H3,(H,21,22)/b9-7+. The van der Waals surface area contributed by atoms with Crippen molar-refractivity contribution in [2.45, 2.75) is 6.92 Å². The first-order valence-electron chi connectivity index (χ1n) is 7.73. The van der Waals surface area contributed by atoms with Gasteiger partial charge in [0.05, 0.1) is 16.3 Å². The van der Waals surface area contributed by atoms with Crippen LogP contribution in [-0.4, -0.2) is 20.9 Å². The molecule has 0 unspecified atom stereocenters. The van der Waals surface area contributed by atoms with Crippen LogP contribution in [0, 0.1) is 17.0 Å². The molecule has 0 radical (unpaired) electrons. The molecule has 0 aliphatic heterocycles. The molecule has 1 aromatic heterocycles. The zero-order chi connectivity index (χ0) is 18.7. The number of halogens is 1. The number of aromatic amines is 1. The van der Waals surface area contributed by atoms with Crippen molar-refractivity contribution < 1.29 is 9.72 Å². The summed E-state index contributed by atoms with van der Waals surface area (Å²) in [5.41, 5.74) is 3.14. The number of hydrogen-bond acceptors (Lipinski definition) is 4. The monoisotopic (exact) mass is 367 g/mol. The lowest BCUT2D eigenvalue weighted by Gasteiger charge is -1.99. The molecule has 0 bridgehead atoms. The van der Waals surface area contributed by atoms with E-state index >= 15 is 0 Å². The maximum absolute atomic E-state index is 12.3. The molecule has 0 atom stereocenters. The summed E-state index contributed by atoms with van der Waals surface area (Å²) in [4.78, 5) is 22.6. The van der Waals surface area contributed by atoms with Gasteiger partial charge in [-0.15, -0.1) is 0 Å². The largest absolute Gasteiger partial charge is 0.289 e. The van der Waals surface area contributed by atoms with E-state index in [4.69, 9.17) is 11.6 Å². The highest BCUT2D eigenvalue weighted by atomic mass is 35.5. The van der Waals surface area contributed by atoms with Crippen molar-refractivity contribution >= 4 is 29.1 Å². The molecule has 0 saturated heterocycles. The van der Waals surface area contributed by atoms with Crippen LogP contribution in [0.2, 0.25) is 5.02 Å². The highest BCUT2D eigenvalue weighted by molar-refractivity contribution is 6.30. The van der Waals surface area contributed by atoms with Crippen molar-refractivity contribution in [2.24, 2.45) is 0 Å². The second-order valence-electron chi connectivity index (χ2n) is 5.67. The van der Waals surface area contributed by atoms with Crippen molar-refractivity contribution in [2.75, 3.05) is 0 Å². The number of benzene rings is 2. The number of ketones is 1. The Hall–Kier alpha value is -3.25. The minimum absolute atomic E-state index is 0.00768. The number of aryl methyl sites for hydroxylation is 1. The SMILES string of the molecule is Cc1cc(C(=O)/C=C/c2cc(-c3ccc(Cl)cc3)n[nH]2)ccc1[N+](=O)[O-]. The molecule has 1 N–H and O–H groups in total. The fourth-order valence-corrected chi connectivity index (χ4v) is 2.59. The molecule has 0 aliphatic rings. The molecule has 0 fully saturated rings. The quantitative estimate of drug-likeness (QED) is 0.302. The van der Waals surface area contributed by atoms with Gasteiger partial charge in [0.15, 0.2) is 5.78 Å². The normalized spacial score (nSPS) is 11.0. The minimum atomic E-state index is -0.470. The van der Waals surface area contributed by atoms with Gasteiger partial charge in [-0.2, -0.15) is 5.10 Å². The van der Waals surface area contributed by atoms with E-state index in [0.717, 1.165) is 11.3 Å². The second-order valence-corrected chi connectivity index (χ2v) is 6.11. The third-order valence-corrected chi connectivity index (χ3v) is 4.08. The molecule has 2 aromatic carbocycles. The molecule has 0 amide bonds. The van der Waals surface area contributed by atoms with Crippen molar-refractivity contribution in [1.82, 2.24) is 10.2 Å². The summed E-state index contributed by atoms with van der Waals surface area (Å²) in [6, 6.07) is 13.4. The Labute approximate surface area is 154 Å². The number of aromatic nitrogens is 2. The topological polar surface area (TPSA) is 88.9 Å². The molecule has 0 aliphatic carbocycles. The van der Waals surface area contributed by atoms with Crippen LogP contribution in [0.3, 0.4) is 0 Å². The van der Waals surface area contributed by atoms with Crippen LogP contribution in [-0.2, 0) is 0 Å². The number of carbonyl (C=O) groups excluding carboxylic acids is 1. The van der Waals surface area contributed by atoms with Crippen LogP contribution in [0.25, 0.3) is 17.3 Å². The number of nitrogens with one attached hydrogen (secondary N) is 1. The fraction of sp³-hybridized carbons (Fsp3) is 0.0526. The van der Waals surface area contributed by atoms with Crippen LogP contribution < -0.4 is 0 Å². The predicted molar refractivity (Wildman–Crippen MR) is 100 cm³/mol. The Morgan fingerprint density at radius 1 is 1.19 bits per heavy atom. The fourth-order valence-electron chi connectivity index (χ4n) is 2.47. The van der Waals surface area contributed by atoms with E-state index in [1.54, 1.807) is 25.1 Å². The van der Waals surface area contributed by atoms with Crippen molar-refractivity contribution in [3.05, 3.63) is 86.6 Å². The zero-order valence-electron chi connectivity index (χ0n) is 13.8. The van der Waals surface area contributed by atoms with Gasteiger partial charge in [0.2, 0.25) is 0 Å². The molecule has 6 nitrogen and oxygen atoms in total. The molecule has 3 aromatic rings. The van der Waals surface area contributed by atoms with E-state index < -0.39 is 4.92 Å². The molecule has 3 rings (SSSR count). The number of allylic oxidation sites excluding steroid dienone is 1. The highest BCUT2D eigenvalue weighted by Crippen LogP contribution is 2.21. The molecular weight excluding hydrogens is 354 g/mol. The average molecular weight is 368 g/mol. The smallest absolute Gasteiger partial charge is 0.272 e. The maximum Gasteiger partial charge on any atom is 0.272 e.